The number of piperidine rings is 1. The van der Waals surface area contributed by atoms with Gasteiger partial charge in [0.25, 0.3) is 0 Å². The summed E-state index contributed by atoms with van der Waals surface area (Å²) in [6, 6.07) is 0. The second-order valence-corrected chi connectivity index (χ2v) is 5.15. The van der Waals surface area contributed by atoms with Crippen molar-refractivity contribution in [1.29, 1.82) is 0 Å². The molecule has 0 atom stereocenters. The number of aliphatic hydroxyl groups is 1. The minimum Gasteiger partial charge on any atom is -0.393 e. The molecule has 1 aromatic rings. The van der Waals surface area contributed by atoms with E-state index in [0.717, 1.165) is 31.1 Å². The lowest BCUT2D eigenvalue weighted by atomic mass is 10.1. The lowest BCUT2D eigenvalue weighted by Crippen LogP contribution is -2.43. The van der Waals surface area contributed by atoms with Crippen molar-refractivity contribution in [2.45, 2.75) is 18.9 Å². The molecule has 0 radical (unpaired) electrons. The number of anilines is 1. The van der Waals surface area contributed by atoms with Crippen LogP contribution in [0.1, 0.15) is 12.8 Å². The monoisotopic (exact) mass is 255 g/mol. The maximum atomic E-state index is 12.0. The topological polar surface area (TPSA) is 56.7 Å². The van der Waals surface area contributed by atoms with Gasteiger partial charge in [-0.05, 0) is 12.8 Å². The molecule has 1 aliphatic rings. The summed E-state index contributed by atoms with van der Waals surface area (Å²) in [7, 11) is 1.75. The lowest BCUT2D eigenvalue weighted by Gasteiger charge is -2.29. The van der Waals surface area contributed by atoms with E-state index < -0.39 is 0 Å². The molecule has 0 spiro atoms. The van der Waals surface area contributed by atoms with Gasteiger partial charge in [0.2, 0.25) is 5.91 Å². The van der Waals surface area contributed by atoms with E-state index in [9.17, 15) is 9.90 Å². The maximum Gasteiger partial charge on any atom is 0.242 e. The second kappa shape index (κ2) is 5.57. The van der Waals surface area contributed by atoms with Crippen molar-refractivity contribution in [3.63, 3.8) is 0 Å². The summed E-state index contributed by atoms with van der Waals surface area (Å²) in [5.74, 6) is 0.0522. The Labute approximate surface area is 105 Å². The molecule has 17 heavy (non-hydrogen) atoms. The second-order valence-electron chi connectivity index (χ2n) is 4.27. The highest BCUT2D eigenvalue weighted by molar-refractivity contribution is 7.13. The fourth-order valence-electron chi connectivity index (χ4n) is 1.86. The van der Waals surface area contributed by atoms with Crippen LogP contribution < -0.4 is 4.90 Å². The molecule has 2 heterocycles. The molecular weight excluding hydrogens is 238 g/mol. The highest BCUT2D eigenvalue weighted by Gasteiger charge is 2.21. The highest BCUT2D eigenvalue weighted by atomic mass is 32.1. The number of rotatable bonds is 3. The number of aliphatic hydroxyl groups excluding tert-OH is 1. The average Bonchev–Trinajstić information content (AvgIpc) is 2.84. The van der Waals surface area contributed by atoms with Crippen LogP contribution in [0.15, 0.2) is 11.6 Å². The lowest BCUT2D eigenvalue weighted by molar-refractivity contribution is -0.120. The molecule has 1 aliphatic heterocycles. The Morgan fingerprint density at radius 1 is 1.65 bits per heavy atom. The first kappa shape index (κ1) is 12.5. The van der Waals surface area contributed by atoms with Crippen molar-refractivity contribution in [2.75, 3.05) is 31.6 Å². The van der Waals surface area contributed by atoms with E-state index in [1.165, 1.54) is 11.3 Å². The summed E-state index contributed by atoms with van der Waals surface area (Å²) in [5, 5.41) is 12.0. The normalized spacial score (nSPS) is 18.2. The minimum absolute atomic E-state index is 0.0522. The minimum atomic E-state index is -0.196. The molecule has 1 aromatic heterocycles. The SMILES string of the molecule is CN(C(=O)CN1CCC(O)CC1)c1nccs1. The number of nitrogens with zero attached hydrogens (tertiary/aromatic N) is 3. The number of likely N-dealkylation sites (tertiary alicyclic amines) is 1. The van der Waals surface area contributed by atoms with E-state index in [0.29, 0.717) is 6.54 Å². The molecule has 0 saturated carbocycles. The van der Waals surface area contributed by atoms with Crippen LogP contribution in [0.3, 0.4) is 0 Å². The van der Waals surface area contributed by atoms with Gasteiger partial charge in [0.05, 0.1) is 12.6 Å². The Bertz CT molecular complexity index is 361. The first-order valence-electron chi connectivity index (χ1n) is 5.73. The number of amides is 1. The zero-order valence-corrected chi connectivity index (χ0v) is 10.7. The van der Waals surface area contributed by atoms with E-state index in [-0.39, 0.29) is 12.0 Å². The molecule has 0 aliphatic carbocycles. The number of carbonyl (C=O) groups is 1. The Balaban J connectivity index is 1.85. The predicted molar refractivity (Wildman–Crippen MR) is 67.2 cm³/mol. The van der Waals surface area contributed by atoms with Crippen molar-refractivity contribution in [3.05, 3.63) is 11.6 Å². The molecule has 1 fully saturated rings. The van der Waals surface area contributed by atoms with Gasteiger partial charge in [-0.25, -0.2) is 4.98 Å². The number of likely N-dealkylation sites (N-methyl/N-ethyl adjacent to an activating group) is 1. The molecule has 0 unspecified atom stereocenters. The third-order valence-electron chi connectivity index (χ3n) is 3.00. The summed E-state index contributed by atoms with van der Waals surface area (Å²) in [4.78, 5) is 19.8. The van der Waals surface area contributed by atoms with Crippen molar-refractivity contribution in [2.24, 2.45) is 0 Å². The smallest absolute Gasteiger partial charge is 0.242 e. The van der Waals surface area contributed by atoms with Gasteiger partial charge in [-0.2, -0.15) is 0 Å². The summed E-state index contributed by atoms with van der Waals surface area (Å²) in [6.07, 6.45) is 3.02. The van der Waals surface area contributed by atoms with Gasteiger partial charge in [0.15, 0.2) is 5.13 Å². The number of hydrogen-bond acceptors (Lipinski definition) is 5. The largest absolute Gasteiger partial charge is 0.393 e. The molecule has 1 N–H and O–H groups in total. The standard InChI is InChI=1S/C11H17N3O2S/c1-13(11-12-4-7-17-11)10(16)8-14-5-2-9(15)3-6-14/h4,7,9,15H,2-3,5-6,8H2,1H3. The molecule has 0 bridgehead atoms. The maximum absolute atomic E-state index is 12.0. The molecule has 6 heteroatoms. The number of hydrogen-bond donors (Lipinski definition) is 1. The Hall–Kier alpha value is -0.980. The summed E-state index contributed by atoms with van der Waals surface area (Å²) in [6.45, 7) is 1.99. The molecule has 94 valence electrons. The summed E-state index contributed by atoms with van der Waals surface area (Å²) >= 11 is 1.46. The van der Waals surface area contributed by atoms with Crippen LogP contribution in [0, 0.1) is 0 Å². The predicted octanol–water partition coefficient (Wildman–Crippen LogP) is 0.563. The Morgan fingerprint density at radius 3 is 2.94 bits per heavy atom. The number of carbonyl (C=O) groups excluding carboxylic acids is 1. The van der Waals surface area contributed by atoms with E-state index in [2.05, 4.69) is 9.88 Å². The summed E-state index contributed by atoms with van der Waals surface area (Å²) < 4.78 is 0. The van der Waals surface area contributed by atoms with Crippen LogP contribution in [0.5, 0.6) is 0 Å². The van der Waals surface area contributed by atoms with Crippen LogP contribution in [-0.4, -0.2) is 53.7 Å². The van der Waals surface area contributed by atoms with Gasteiger partial charge in [0, 0.05) is 31.7 Å². The number of aromatic nitrogens is 1. The van der Waals surface area contributed by atoms with Crippen molar-refractivity contribution in [3.8, 4) is 0 Å². The Morgan fingerprint density at radius 2 is 2.35 bits per heavy atom. The molecule has 5 nitrogen and oxygen atoms in total. The van der Waals surface area contributed by atoms with Crippen molar-refractivity contribution >= 4 is 22.4 Å². The van der Waals surface area contributed by atoms with Crippen LogP contribution >= 0.6 is 11.3 Å². The van der Waals surface area contributed by atoms with Crippen LogP contribution in [0.25, 0.3) is 0 Å². The molecule has 1 amide bonds. The highest BCUT2D eigenvalue weighted by Crippen LogP contribution is 2.16. The van der Waals surface area contributed by atoms with Crippen LogP contribution in [-0.2, 0) is 4.79 Å². The van der Waals surface area contributed by atoms with Gasteiger partial charge >= 0.3 is 0 Å². The fourth-order valence-corrected chi connectivity index (χ4v) is 2.49. The molecular formula is C11H17N3O2S. The quantitative estimate of drug-likeness (QED) is 0.857. The van der Waals surface area contributed by atoms with Crippen LogP contribution in [0.2, 0.25) is 0 Å². The third-order valence-corrected chi connectivity index (χ3v) is 3.84. The van der Waals surface area contributed by atoms with Gasteiger partial charge in [-0.1, -0.05) is 0 Å². The first-order chi connectivity index (χ1) is 8.16. The van der Waals surface area contributed by atoms with Crippen molar-refractivity contribution in [1.82, 2.24) is 9.88 Å². The third kappa shape index (κ3) is 3.24. The van der Waals surface area contributed by atoms with E-state index in [1.54, 1.807) is 18.1 Å². The fraction of sp³-hybridized carbons (Fsp3) is 0.636. The van der Waals surface area contributed by atoms with Gasteiger partial charge < -0.3 is 5.11 Å². The van der Waals surface area contributed by atoms with Crippen molar-refractivity contribution < 1.29 is 9.90 Å². The zero-order chi connectivity index (χ0) is 12.3. The molecule has 2 rings (SSSR count). The molecule has 1 saturated heterocycles. The Kier molecular flexibility index (Phi) is 4.09. The number of thiazole rings is 1. The zero-order valence-electron chi connectivity index (χ0n) is 9.87. The van der Waals surface area contributed by atoms with E-state index in [4.69, 9.17) is 0 Å². The molecule has 0 aromatic carbocycles. The van der Waals surface area contributed by atoms with Crippen LogP contribution in [0.4, 0.5) is 5.13 Å². The average molecular weight is 255 g/mol. The van der Waals surface area contributed by atoms with E-state index >= 15 is 0 Å². The van der Waals surface area contributed by atoms with Gasteiger partial charge in [0.1, 0.15) is 0 Å². The van der Waals surface area contributed by atoms with Gasteiger partial charge in [-0.15, -0.1) is 11.3 Å². The summed E-state index contributed by atoms with van der Waals surface area (Å²) in [5.41, 5.74) is 0. The van der Waals surface area contributed by atoms with E-state index in [1.807, 2.05) is 5.38 Å². The van der Waals surface area contributed by atoms with Gasteiger partial charge in [-0.3, -0.25) is 14.6 Å². The first-order valence-corrected chi connectivity index (χ1v) is 6.61.